The number of nitrogens with zero attached hydrogens (tertiary/aromatic N) is 7. The number of rotatable bonds is 6. The molecule has 0 N–H and O–H groups in total. The maximum Gasteiger partial charge on any atom is 0.319 e. The Morgan fingerprint density at radius 1 is 1.09 bits per heavy atom. The molecule has 4 heterocycles. The van der Waals surface area contributed by atoms with E-state index < -0.39 is 11.4 Å². The lowest BCUT2D eigenvalue weighted by molar-refractivity contribution is -0.127. The summed E-state index contributed by atoms with van der Waals surface area (Å²) in [6.45, 7) is 11.7. The van der Waals surface area contributed by atoms with Crippen LogP contribution in [0.5, 0.6) is 6.01 Å². The van der Waals surface area contributed by atoms with Crippen molar-refractivity contribution >= 4 is 33.5 Å². The average Bonchev–Trinajstić information content (AvgIpc) is 3.40. The molecule has 2 fully saturated rings. The number of amides is 1. The molecule has 0 unspecified atom stereocenters. The number of likely N-dealkylation sites (N-methyl/N-ethyl adjacent to an activating group) is 1. The van der Waals surface area contributed by atoms with Crippen molar-refractivity contribution in [1.82, 2.24) is 29.3 Å². The molecule has 0 bridgehead atoms. The molecular formula is C32H36FN7O3. The molecule has 0 radical (unpaired) electrons. The smallest absolute Gasteiger partial charge is 0.319 e. The van der Waals surface area contributed by atoms with Crippen LogP contribution in [0.3, 0.4) is 0 Å². The minimum atomic E-state index is -0.439. The number of aromatic nitrogens is 4. The second kappa shape index (κ2) is 11.4. The zero-order valence-corrected chi connectivity index (χ0v) is 25.0. The van der Waals surface area contributed by atoms with E-state index in [0.717, 1.165) is 19.4 Å². The number of carbonyl (C=O) groups excluding carboxylic acids is 1. The number of aryl methyl sites for hydroxylation is 1. The number of hydrogen-bond donors (Lipinski definition) is 0. The van der Waals surface area contributed by atoms with Crippen LogP contribution in [-0.4, -0.2) is 86.6 Å². The third-order valence-electron chi connectivity index (χ3n) is 8.65. The molecule has 2 aliphatic heterocycles. The number of benzene rings is 2. The predicted molar refractivity (Wildman–Crippen MR) is 164 cm³/mol. The molecule has 0 saturated carbocycles. The van der Waals surface area contributed by atoms with Crippen molar-refractivity contribution in [1.29, 1.82) is 0 Å². The minimum Gasteiger partial charge on any atom is -0.462 e. The van der Waals surface area contributed by atoms with Gasteiger partial charge in [0.1, 0.15) is 23.8 Å². The third kappa shape index (κ3) is 5.11. The first kappa shape index (κ1) is 28.7. The van der Waals surface area contributed by atoms with Crippen LogP contribution in [0.1, 0.15) is 32.5 Å². The molecule has 0 spiro atoms. The maximum atomic E-state index is 15.1. The van der Waals surface area contributed by atoms with Crippen molar-refractivity contribution in [3.05, 3.63) is 71.0 Å². The summed E-state index contributed by atoms with van der Waals surface area (Å²) in [5, 5.41) is 1.00. The van der Waals surface area contributed by atoms with E-state index in [4.69, 9.17) is 14.7 Å². The molecule has 11 heteroatoms. The number of halogens is 1. The summed E-state index contributed by atoms with van der Waals surface area (Å²) in [6, 6.07) is 10.2. The zero-order chi connectivity index (χ0) is 30.4. The molecule has 2 saturated heterocycles. The van der Waals surface area contributed by atoms with E-state index in [1.54, 1.807) is 30.0 Å². The van der Waals surface area contributed by atoms with Gasteiger partial charge >= 0.3 is 6.01 Å². The zero-order valence-electron chi connectivity index (χ0n) is 25.0. The Balaban J connectivity index is 1.52. The lowest BCUT2D eigenvalue weighted by Gasteiger charge is -2.45. The first-order valence-electron chi connectivity index (χ1n) is 14.7. The number of piperazine rings is 1. The molecule has 4 aromatic rings. The Bertz CT molecular complexity index is 1770. The Kier molecular flexibility index (Phi) is 7.59. The number of anilines is 1. The van der Waals surface area contributed by atoms with Gasteiger partial charge in [-0.05, 0) is 70.8 Å². The SMILES string of the molecule is C=CC(=O)N1C[C@H](C)N(c2nc(OC[C@@H]3CCCN3C)nc3c(=O)n(-c4cccc5cccc(F)c45)c(C)nc23)[C@@H](C)C1. The lowest BCUT2D eigenvalue weighted by Crippen LogP contribution is -2.58. The highest BCUT2D eigenvalue weighted by molar-refractivity contribution is 5.92. The van der Waals surface area contributed by atoms with Gasteiger partial charge in [-0.1, -0.05) is 30.8 Å². The number of fused-ring (bicyclic) bond motifs is 2. The van der Waals surface area contributed by atoms with Crippen LogP contribution < -0.4 is 15.2 Å². The van der Waals surface area contributed by atoms with Crippen LogP contribution in [0.4, 0.5) is 10.2 Å². The number of carbonyl (C=O) groups is 1. The highest BCUT2D eigenvalue weighted by Crippen LogP contribution is 2.31. The lowest BCUT2D eigenvalue weighted by atomic mass is 10.1. The van der Waals surface area contributed by atoms with E-state index >= 15 is 4.39 Å². The van der Waals surface area contributed by atoms with Crippen molar-refractivity contribution in [2.45, 2.75) is 51.7 Å². The summed E-state index contributed by atoms with van der Waals surface area (Å²) < 4.78 is 22.7. The molecule has 2 aromatic carbocycles. The van der Waals surface area contributed by atoms with Crippen LogP contribution in [-0.2, 0) is 4.79 Å². The van der Waals surface area contributed by atoms with Gasteiger partial charge in [-0.3, -0.25) is 14.2 Å². The quantitative estimate of drug-likeness (QED) is 0.315. The van der Waals surface area contributed by atoms with Gasteiger partial charge in [-0.2, -0.15) is 9.97 Å². The van der Waals surface area contributed by atoms with Crippen LogP contribution in [0.15, 0.2) is 53.8 Å². The summed E-state index contributed by atoms with van der Waals surface area (Å²) in [5.41, 5.74) is 0.376. The van der Waals surface area contributed by atoms with E-state index in [1.165, 1.54) is 16.7 Å². The molecule has 43 heavy (non-hydrogen) atoms. The number of ether oxygens (including phenoxy) is 1. The van der Waals surface area contributed by atoms with Gasteiger partial charge < -0.3 is 19.4 Å². The standard InChI is InChI=1S/C32H36FN7O3/c1-6-26(41)38-16-19(2)39(20(3)17-38)30-28-29(35-32(36-30)43-18-23-12-9-15-37(23)5)31(42)40(21(4)34-28)25-14-8-11-22-10-7-13-24(33)27(22)25/h6-8,10-11,13-14,19-20,23H,1,9,12,15-18H2,2-5H3/t19-,20-,23-/m0/s1. The highest BCUT2D eigenvalue weighted by Gasteiger charge is 2.35. The van der Waals surface area contributed by atoms with Crippen molar-refractivity contribution in [2.75, 3.05) is 38.2 Å². The molecule has 1 amide bonds. The summed E-state index contributed by atoms with van der Waals surface area (Å²) in [6.07, 6.45) is 3.42. The topological polar surface area (TPSA) is 96.7 Å². The Morgan fingerprint density at radius 2 is 1.81 bits per heavy atom. The average molecular weight is 586 g/mol. The Morgan fingerprint density at radius 3 is 2.49 bits per heavy atom. The van der Waals surface area contributed by atoms with E-state index in [2.05, 4.69) is 28.4 Å². The van der Waals surface area contributed by atoms with Gasteiger partial charge in [0.25, 0.3) is 5.56 Å². The van der Waals surface area contributed by atoms with Gasteiger partial charge in [0.15, 0.2) is 11.3 Å². The third-order valence-corrected chi connectivity index (χ3v) is 8.65. The van der Waals surface area contributed by atoms with Gasteiger partial charge in [-0.15, -0.1) is 0 Å². The first-order valence-corrected chi connectivity index (χ1v) is 14.7. The fraction of sp³-hybridized carbons (Fsp3) is 0.406. The molecule has 3 atom stereocenters. The van der Waals surface area contributed by atoms with E-state index in [9.17, 15) is 9.59 Å². The van der Waals surface area contributed by atoms with Crippen molar-refractivity contribution in [2.24, 2.45) is 0 Å². The van der Waals surface area contributed by atoms with Crippen molar-refractivity contribution < 1.29 is 13.9 Å². The van der Waals surface area contributed by atoms with Crippen molar-refractivity contribution in [3.63, 3.8) is 0 Å². The van der Waals surface area contributed by atoms with Crippen LogP contribution in [0.25, 0.3) is 27.5 Å². The molecular weight excluding hydrogens is 549 g/mol. The summed E-state index contributed by atoms with van der Waals surface area (Å²) in [4.78, 5) is 47.1. The van der Waals surface area contributed by atoms with E-state index in [1.807, 2.05) is 26.0 Å². The monoisotopic (exact) mass is 585 g/mol. The van der Waals surface area contributed by atoms with E-state index in [0.29, 0.717) is 53.3 Å². The first-order chi connectivity index (χ1) is 20.7. The summed E-state index contributed by atoms with van der Waals surface area (Å²) >= 11 is 0. The van der Waals surface area contributed by atoms with Gasteiger partial charge in [0.05, 0.1) is 5.69 Å². The second-order valence-electron chi connectivity index (χ2n) is 11.6. The summed E-state index contributed by atoms with van der Waals surface area (Å²) in [5.74, 6) is 0.291. The molecule has 2 aliphatic rings. The molecule has 0 aliphatic carbocycles. The Labute approximate surface area is 249 Å². The van der Waals surface area contributed by atoms with Gasteiger partial charge in [-0.25, -0.2) is 9.37 Å². The van der Waals surface area contributed by atoms with Gasteiger partial charge in [0.2, 0.25) is 5.91 Å². The second-order valence-corrected chi connectivity index (χ2v) is 11.6. The van der Waals surface area contributed by atoms with Crippen LogP contribution in [0, 0.1) is 12.7 Å². The molecule has 6 rings (SSSR count). The highest BCUT2D eigenvalue weighted by atomic mass is 19.1. The fourth-order valence-electron chi connectivity index (χ4n) is 6.54. The fourth-order valence-corrected chi connectivity index (χ4v) is 6.54. The maximum absolute atomic E-state index is 15.1. The molecule has 224 valence electrons. The van der Waals surface area contributed by atoms with Crippen molar-refractivity contribution in [3.8, 4) is 11.7 Å². The molecule has 2 aromatic heterocycles. The summed E-state index contributed by atoms with van der Waals surface area (Å²) in [7, 11) is 2.07. The normalized spacial score (nSPS) is 21.1. The number of hydrogen-bond acceptors (Lipinski definition) is 8. The number of likely N-dealkylation sites (tertiary alicyclic amines) is 1. The predicted octanol–water partition coefficient (Wildman–Crippen LogP) is 3.86. The minimum absolute atomic E-state index is 0.0858. The Hall–Kier alpha value is -4.38. The van der Waals surface area contributed by atoms with Gasteiger partial charge in [0, 0.05) is 36.6 Å². The van der Waals surface area contributed by atoms with E-state index in [-0.39, 0.29) is 35.6 Å². The van der Waals surface area contributed by atoms with Crippen LogP contribution >= 0.6 is 0 Å². The van der Waals surface area contributed by atoms with Crippen LogP contribution in [0.2, 0.25) is 0 Å². The largest absolute Gasteiger partial charge is 0.462 e. The molecule has 10 nitrogen and oxygen atoms in total.